The highest BCUT2D eigenvalue weighted by Gasteiger charge is 2.05. The minimum absolute atomic E-state index is 0.351. The van der Waals surface area contributed by atoms with E-state index in [1.165, 1.54) is 6.08 Å². The van der Waals surface area contributed by atoms with Crippen molar-refractivity contribution in [3.05, 3.63) is 65.0 Å². The van der Waals surface area contributed by atoms with Gasteiger partial charge in [-0.15, -0.1) is 0 Å². The third-order valence-corrected chi connectivity index (χ3v) is 3.05. The van der Waals surface area contributed by atoms with E-state index in [4.69, 9.17) is 9.84 Å². The number of benzene rings is 1. The summed E-state index contributed by atoms with van der Waals surface area (Å²) >= 11 is 0. The summed E-state index contributed by atoms with van der Waals surface area (Å²) in [4.78, 5) is 14.9. The minimum atomic E-state index is -0.983. The molecule has 0 saturated heterocycles. The number of aromatic nitrogens is 1. The second-order valence-corrected chi connectivity index (χ2v) is 4.77. The Morgan fingerprint density at radius 3 is 2.86 bits per heavy atom. The Hall–Kier alpha value is -2.62. The van der Waals surface area contributed by atoms with Crippen LogP contribution in [-0.2, 0) is 11.4 Å². The topological polar surface area (TPSA) is 59.4 Å². The van der Waals surface area contributed by atoms with Gasteiger partial charge in [0.25, 0.3) is 0 Å². The first-order valence-corrected chi connectivity index (χ1v) is 6.61. The molecule has 0 spiro atoms. The molecule has 0 saturated carbocycles. The Balaban J connectivity index is 2.20. The van der Waals surface area contributed by atoms with Gasteiger partial charge >= 0.3 is 5.97 Å². The zero-order chi connectivity index (χ0) is 15.2. The standard InChI is InChI=1S/C17H17NO3/c1-12-5-7-16(14(10-12)6-8-17(19)20)21-11-15-13(2)4-3-9-18-15/h3-10H,11H2,1-2H3,(H,19,20)/b8-6+. The second-order valence-electron chi connectivity index (χ2n) is 4.77. The van der Waals surface area contributed by atoms with E-state index in [9.17, 15) is 4.79 Å². The van der Waals surface area contributed by atoms with Crippen LogP contribution in [0.1, 0.15) is 22.4 Å². The Bertz CT molecular complexity index is 677. The van der Waals surface area contributed by atoms with E-state index < -0.39 is 5.97 Å². The number of pyridine rings is 1. The van der Waals surface area contributed by atoms with E-state index in [0.717, 1.165) is 28.5 Å². The van der Waals surface area contributed by atoms with Crippen LogP contribution >= 0.6 is 0 Å². The van der Waals surface area contributed by atoms with Crippen LogP contribution in [0.25, 0.3) is 6.08 Å². The van der Waals surface area contributed by atoms with Gasteiger partial charge in [-0.1, -0.05) is 17.7 Å². The fraction of sp³-hybridized carbons (Fsp3) is 0.176. The maximum absolute atomic E-state index is 10.7. The fourth-order valence-electron chi connectivity index (χ4n) is 1.91. The highest BCUT2D eigenvalue weighted by Crippen LogP contribution is 2.23. The van der Waals surface area contributed by atoms with Crippen molar-refractivity contribution >= 4 is 12.0 Å². The lowest BCUT2D eigenvalue weighted by molar-refractivity contribution is -0.131. The van der Waals surface area contributed by atoms with Gasteiger partial charge in [0.05, 0.1) is 5.69 Å². The lowest BCUT2D eigenvalue weighted by Crippen LogP contribution is -2.01. The summed E-state index contributed by atoms with van der Waals surface area (Å²) in [6.07, 6.45) is 4.37. The molecule has 0 aliphatic carbocycles. The van der Waals surface area contributed by atoms with Gasteiger partial charge in [-0.2, -0.15) is 0 Å². The summed E-state index contributed by atoms with van der Waals surface area (Å²) < 4.78 is 5.78. The van der Waals surface area contributed by atoms with Gasteiger partial charge < -0.3 is 9.84 Å². The average molecular weight is 283 g/mol. The van der Waals surface area contributed by atoms with Crippen LogP contribution in [0.4, 0.5) is 0 Å². The Morgan fingerprint density at radius 1 is 1.33 bits per heavy atom. The molecule has 1 N–H and O–H groups in total. The molecular weight excluding hydrogens is 266 g/mol. The normalized spacial score (nSPS) is 10.8. The lowest BCUT2D eigenvalue weighted by Gasteiger charge is -2.11. The number of aliphatic carboxylic acids is 1. The monoisotopic (exact) mass is 283 g/mol. The van der Waals surface area contributed by atoms with Crippen LogP contribution in [0.2, 0.25) is 0 Å². The molecule has 2 rings (SSSR count). The molecule has 0 aliphatic heterocycles. The van der Waals surface area contributed by atoms with Crippen LogP contribution in [0.5, 0.6) is 5.75 Å². The highest BCUT2D eigenvalue weighted by atomic mass is 16.5. The van der Waals surface area contributed by atoms with Crippen molar-refractivity contribution in [3.63, 3.8) is 0 Å². The zero-order valence-corrected chi connectivity index (χ0v) is 12.0. The van der Waals surface area contributed by atoms with Gasteiger partial charge in [0.1, 0.15) is 12.4 Å². The number of ether oxygens (including phenoxy) is 1. The SMILES string of the molecule is Cc1ccc(OCc2ncccc2C)c(/C=C/C(=O)O)c1. The summed E-state index contributed by atoms with van der Waals surface area (Å²) in [5.74, 6) is -0.342. The Morgan fingerprint density at radius 2 is 2.14 bits per heavy atom. The molecule has 1 aromatic heterocycles. The van der Waals surface area contributed by atoms with Gasteiger partial charge in [-0.3, -0.25) is 4.98 Å². The van der Waals surface area contributed by atoms with Gasteiger partial charge in [-0.25, -0.2) is 4.79 Å². The summed E-state index contributed by atoms with van der Waals surface area (Å²) in [7, 11) is 0. The van der Waals surface area contributed by atoms with E-state index in [2.05, 4.69) is 4.98 Å². The summed E-state index contributed by atoms with van der Waals surface area (Å²) in [5, 5.41) is 8.74. The van der Waals surface area contributed by atoms with Crippen molar-refractivity contribution in [2.24, 2.45) is 0 Å². The smallest absolute Gasteiger partial charge is 0.328 e. The highest BCUT2D eigenvalue weighted by molar-refractivity contribution is 5.85. The number of carboxylic acid groups (broad SMARTS) is 1. The summed E-state index contributed by atoms with van der Waals surface area (Å²) in [5.41, 5.74) is 3.71. The molecular formula is C17H17NO3. The predicted octanol–water partition coefficient (Wildman–Crippen LogP) is 3.38. The van der Waals surface area contributed by atoms with E-state index in [-0.39, 0.29) is 0 Å². The number of nitrogens with zero attached hydrogens (tertiary/aromatic N) is 1. The van der Waals surface area contributed by atoms with Gasteiger partial charge in [-0.05, 0) is 43.7 Å². The molecule has 0 amide bonds. The minimum Gasteiger partial charge on any atom is -0.487 e. The molecule has 0 fully saturated rings. The second kappa shape index (κ2) is 6.70. The Labute approximate surface area is 123 Å². The fourth-order valence-corrected chi connectivity index (χ4v) is 1.91. The van der Waals surface area contributed by atoms with Crippen molar-refractivity contribution in [1.29, 1.82) is 0 Å². The number of carboxylic acids is 1. The molecule has 4 nitrogen and oxygen atoms in total. The van der Waals surface area contributed by atoms with Crippen molar-refractivity contribution in [2.75, 3.05) is 0 Å². The van der Waals surface area contributed by atoms with Crippen molar-refractivity contribution in [3.8, 4) is 5.75 Å². The first-order valence-electron chi connectivity index (χ1n) is 6.61. The number of aryl methyl sites for hydroxylation is 2. The van der Waals surface area contributed by atoms with E-state index in [0.29, 0.717) is 12.4 Å². The van der Waals surface area contributed by atoms with Crippen LogP contribution in [0.3, 0.4) is 0 Å². The van der Waals surface area contributed by atoms with Crippen molar-refractivity contribution in [2.45, 2.75) is 20.5 Å². The molecule has 0 radical (unpaired) electrons. The molecule has 21 heavy (non-hydrogen) atoms. The number of carbonyl (C=O) groups is 1. The third kappa shape index (κ3) is 4.18. The van der Waals surface area contributed by atoms with E-state index in [1.54, 1.807) is 6.20 Å². The van der Waals surface area contributed by atoms with Crippen LogP contribution in [0, 0.1) is 13.8 Å². The van der Waals surface area contributed by atoms with Crippen LogP contribution in [0.15, 0.2) is 42.6 Å². The lowest BCUT2D eigenvalue weighted by atomic mass is 10.1. The molecule has 0 aliphatic rings. The molecule has 0 unspecified atom stereocenters. The zero-order valence-electron chi connectivity index (χ0n) is 12.0. The maximum atomic E-state index is 10.7. The van der Waals surface area contributed by atoms with E-state index in [1.807, 2.05) is 44.2 Å². The first-order chi connectivity index (χ1) is 10.1. The van der Waals surface area contributed by atoms with E-state index >= 15 is 0 Å². The quantitative estimate of drug-likeness (QED) is 0.855. The van der Waals surface area contributed by atoms with Crippen LogP contribution < -0.4 is 4.74 Å². The predicted molar refractivity (Wildman–Crippen MR) is 81.2 cm³/mol. The van der Waals surface area contributed by atoms with Crippen molar-refractivity contribution < 1.29 is 14.6 Å². The molecule has 108 valence electrons. The number of hydrogen-bond acceptors (Lipinski definition) is 3. The number of rotatable bonds is 5. The Kier molecular flexibility index (Phi) is 4.72. The molecule has 2 aromatic rings. The van der Waals surface area contributed by atoms with Crippen LogP contribution in [-0.4, -0.2) is 16.1 Å². The molecule has 0 atom stereocenters. The molecule has 0 bridgehead atoms. The molecule has 1 heterocycles. The largest absolute Gasteiger partial charge is 0.487 e. The third-order valence-electron chi connectivity index (χ3n) is 3.05. The number of hydrogen-bond donors (Lipinski definition) is 1. The maximum Gasteiger partial charge on any atom is 0.328 e. The summed E-state index contributed by atoms with van der Waals surface area (Å²) in [6, 6.07) is 9.52. The van der Waals surface area contributed by atoms with Gasteiger partial charge in [0.2, 0.25) is 0 Å². The van der Waals surface area contributed by atoms with Crippen molar-refractivity contribution in [1.82, 2.24) is 4.98 Å². The molecule has 1 aromatic carbocycles. The average Bonchev–Trinajstić information content (AvgIpc) is 2.45. The molecule has 4 heteroatoms. The summed E-state index contributed by atoms with van der Waals surface area (Å²) in [6.45, 7) is 4.28. The van der Waals surface area contributed by atoms with Gasteiger partial charge in [0.15, 0.2) is 0 Å². The first kappa shape index (κ1) is 14.8. The van der Waals surface area contributed by atoms with Gasteiger partial charge in [0, 0.05) is 17.8 Å².